The lowest BCUT2D eigenvalue weighted by Crippen LogP contribution is -2.29. The molecular formula is C14H22BrNO2. The van der Waals surface area contributed by atoms with Gasteiger partial charge in [0.2, 0.25) is 0 Å². The van der Waals surface area contributed by atoms with Crippen LogP contribution >= 0.6 is 15.9 Å². The predicted octanol–water partition coefficient (Wildman–Crippen LogP) is 3.04. The summed E-state index contributed by atoms with van der Waals surface area (Å²) in [5.41, 5.74) is 1.21. The molecule has 0 saturated heterocycles. The fraction of sp³-hybridized carbons (Fsp3) is 0.571. The molecule has 0 saturated carbocycles. The molecule has 0 aliphatic heterocycles. The Hall–Kier alpha value is -0.580. The van der Waals surface area contributed by atoms with Crippen LogP contribution < -0.4 is 5.32 Å². The zero-order chi connectivity index (χ0) is 13.8. The van der Waals surface area contributed by atoms with E-state index in [2.05, 4.69) is 42.0 Å². The van der Waals surface area contributed by atoms with Crippen molar-refractivity contribution in [3.63, 3.8) is 0 Å². The molecule has 0 aliphatic carbocycles. The quantitative estimate of drug-likeness (QED) is 0.782. The number of hydrogen-bond donors (Lipinski definition) is 3. The molecule has 102 valence electrons. The van der Waals surface area contributed by atoms with E-state index in [1.807, 2.05) is 12.1 Å². The van der Waals surface area contributed by atoms with E-state index in [0.29, 0.717) is 17.6 Å². The monoisotopic (exact) mass is 315 g/mol. The van der Waals surface area contributed by atoms with Crippen LogP contribution in [0, 0.1) is 5.41 Å². The minimum absolute atomic E-state index is 0.142. The fourth-order valence-electron chi connectivity index (χ4n) is 1.82. The molecule has 1 atom stereocenters. The molecule has 0 aliphatic rings. The first-order chi connectivity index (χ1) is 8.28. The van der Waals surface area contributed by atoms with Crippen molar-refractivity contribution >= 4 is 15.9 Å². The maximum absolute atomic E-state index is 9.85. The number of phenolic OH excluding ortho intramolecular Hbond substituents is 1. The molecule has 1 aromatic rings. The Balaban J connectivity index is 2.35. The summed E-state index contributed by atoms with van der Waals surface area (Å²) >= 11 is 3.28. The molecule has 0 radical (unpaired) electrons. The van der Waals surface area contributed by atoms with Crippen LogP contribution in [-0.2, 0) is 6.54 Å². The maximum Gasteiger partial charge on any atom is 0.129 e. The third-order valence-electron chi connectivity index (χ3n) is 2.57. The van der Waals surface area contributed by atoms with E-state index in [-0.39, 0.29) is 17.3 Å². The van der Waals surface area contributed by atoms with Gasteiger partial charge in [0.1, 0.15) is 5.75 Å². The van der Waals surface area contributed by atoms with E-state index in [4.69, 9.17) is 0 Å². The van der Waals surface area contributed by atoms with E-state index in [0.717, 1.165) is 12.0 Å². The van der Waals surface area contributed by atoms with Gasteiger partial charge in [0.05, 0.1) is 10.6 Å². The lowest BCUT2D eigenvalue weighted by atomic mass is 9.89. The summed E-state index contributed by atoms with van der Waals surface area (Å²) in [7, 11) is 0. The van der Waals surface area contributed by atoms with Gasteiger partial charge in [0.25, 0.3) is 0 Å². The van der Waals surface area contributed by atoms with Crippen molar-refractivity contribution in [2.45, 2.75) is 39.8 Å². The van der Waals surface area contributed by atoms with Gasteiger partial charge in [0, 0.05) is 13.1 Å². The maximum atomic E-state index is 9.85. The Morgan fingerprint density at radius 2 is 2.00 bits per heavy atom. The highest BCUT2D eigenvalue weighted by Gasteiger charge is 2.16. The average Bonchev–Trinajstić information content (AvgIpc) is 2.20. The summed E-state index contributed by atoms with van der Waals surface area (Å²) in [5, 5.41) is 22.4. The van der Waals surface area contributed by atoms with Gasteiger partial charge in [-0.3, -0.25) is 0 Å². The van der Waals surface area contributed by atoms with E-state index < -0.39 is 0 Å². The second-order valence-corrected chi connectivity index (χ2v) is 6.69. The van der Waals surface area contributed by atoms with Crippen LogP contribution in [0.2, 0.25) is 0 Å². The van der Waals surface area contributed by atoms with Gasteiger partial charge in [0.15, 0.2) is 0 Å². The van der Waals surface area contributed by atoms with Crippen molar-refractivity contribution in [2.24, 2.45) is 5.41 Å². The topological polar surface area (TPSA) is 52.5 Å². The fourth-order valence-corrected chi connectivity index (χ4v) is 2.25. The van der Waals surface area contributed by atoms with Gasteiger partial charge in [-0.2, -0.15) is 0 Å². The number of aromatic hydroxyl groups is 1. The first-order valence-corrected chi connectivity index (χ1v) is 6.93. The molecule has 0 amide bonds. The van der Waals surface area contributed by atoms with Crippen molar-refractivity contribution in [1.82, 2.24) is 5.32 Å². The Bertz CT molecular complexity index is 388. The Morgan fingerprint density at radius 1 is 1.33 bits per heavy atom. The average molecular weight is 316 g/mol. The zero-order valence-electron chi connectivity index (χ0n) is 11.2. The third kappa shape index (κ3) is 5.85. The van der Waals surface area contributed by atoms with Crippen LogP contribution in [0.4, 0.5) is 0 Å². The SMILES string of the molecule is CC(C)(C)CC(O)CNCc1ccc(O)c(Br)c1. The van der Waals surface area contributed by atoms with Gasteiger partial charge in [-0.05, 0) is 45.5 Å². The summed E-state index contributed by atoms with van der Waals surface area (Å²) in [6.07, 6.45) is 0.449. The van der Waals surface area contributed by atoms with Crippen LogP contribution in [0.25, 0.3) is 0 Å². The summed E-state index contributed by atoms with van der Waals surface area (Å²) in [6.45, 7) is 7.61. The molecular weight excluding hydrogens is 294 g/mol. The lowest BCUT2D eigenvalue weighted by molar-refractivity contribution is 0.119. The number of aliphatic hydroxyl groups is 1. The molecule has 0 fully saturated rings. The number of hydrogen-bond acceptors (Lipinski definition) is 3. The summed E-state index contributed by atoms with van der Waals surface area (Å²) < 4.78 is 0.692. The first kappa shape index (κ1) is 15.5. The second-order valence-electron chi connectivity index (χ2n) is 5.84. The molecule has 0 bridgehead atoms. The lowest BCUT2D eigenvalue weighted by Gasteiger charge is -2.22. The number of phenols is 1. The van der Waals surface area contributed by atoms with E-state index >= 15 is 0 Å². The highest BCUT2D eigenvalue weighted by molar-refractivity contribution is 9.10. The summed E-state index contributed by atoms with van der Waals surface area (Å²) in [5.74, 6) is 0.242. The molecule has 0 spiro atoms. The molecule has 0 aromatic heterocycles. The summed E-state index contributed by atoms with van der Waals surface area (Å²) in [6, 6.07) is 5.40. The third-order valence-corrected chi connectivity index (χ3v) is 3.20. The number of nitrogens with one attached hydrogen (secondary N) is 1. The normalized spacial score (nSPS) is 13.6. The standard InChI is InChI=1S/C14H22BrNO2/c1-14(2,3)7-11(17)9-16-8-10-4-5-13(18)12(15)6-10/h4-6,11,16-18H,7-9H2,1-3H3. The van der Waals surface area contributed by atoms with Gasteiger partial charge in [-0.25, -0.2) is 0 Å². The van der Waals surface area contributed by atoms with Gasteiger partial charge in [-0.1, -0.05) is 26.8 Å². The predicted molar refractivity (Wildman–Crippen MR) is 77.6 cm³/mol. The molecule has 1 unspecified atom stereocenters. The summed E-state index contributed by atoms with van der Waals surface area (Å²) in [4.78, 5) is 0. The van der Waals surface area contributed by atoms with Crippen molar-refractivity contribution in [2.75, 3.05) is 6.54 Å². The Labute approximate surface area is 117 Å². The van der Waals surface area contributed by atoms with Crippen molar-refractivity contribution in [3.05, 3.63) is 28.2 Å². The molecule has 1 aromatic carbocycles. The van der Waals surface area contributed by atoms with Crippen LogP contribution in [0.3, 0.4) is 0 Å². The molecule has 4 heteroatoms. The highest BCUT2D eigenvalue weighted by Crippen LogP contribution is 2.24. The largest absolute Gasteiger partial charge is 0.507 e. The molecule has 18 heavy (non-hydrogen) atoms. The minimum Gasteiger partial charge on any atom is -0.507 e. The van der Waals surface area contributed by atoms with Crippen LogP contribution in [-0.4, -0.2) is 22.9 Å². The van der Waals surface area contributed by atoms with Gasteiger partial charge >= 0.3 is 0 Å². The van der Waals surface area contributed by atoms with Gasteiger partial charge < -0.3 is 15.5 Å². The molecule has 3 N–H and O–H groups in total. The van der Waals surface area contributed by atoms with Crippen LogP contribution in [0.1, 0.15) is 32.8 Å². The zero-order valence-corrected chi connectivity index (χ0v) is 12.8. The Morgan fingerprint density at radius 3 is 2.56 bits per heavy atom. The molecule has 0 heterocycles. The van der Waals surface area contributed by atoms with E-state index in [9.17, 15) is 10.2 Å². The first-order valence-electron chi connectivity index (χ1n) is 6.14. The van der Waals surface area contributed by atoms with E-state index in [1.54, 1.807) is 6.07 Å². The molecule has 3 nitrogen and oxygen atoms in total. The van der Waals surface area contributed by atoms with Crippen LogP contribution in [0.15, 0.2) is 22.7 Å². The number of aliphatic hydroxyl groups excluding tert-OH is 1. The van der Waals surface area contributed by atoms with Crippen molar-refractivity contribution in [3.8, 4) is 5.75 Å². The van der Waals surface area contributed by atoms with Crippen LogP contribution in [0.5, 0.6) is 5.75 Å². The Kier molecular flexibility index (Phi) is 5.63. The smallest absolute Gasteiger partial charge is 0.129 e. The molecule has 1 rings (SSSR count). The highest BCUT2D eigenvalue weighted by atomic mass is 79.9. The number of benzene rings is 1. The minimum atomic E-state index is -0.328. The number of halogens is 1. The van der Waals surface area contributed by atoms with Crippen molar-refractivity contribution < 1.29 is 10.2 Å². The second kappa shape index (κ2) is 6.55. The van der Waals surface area contributed by atoms with E-state index in [1.165, 1.54) is 0 Å². The van der Waals surface area contributed by atoms with Crippen molar-refractivity contribution in [1.29, 1.82) is 0 Å². The number of rotatable bonds is 5. The van der Waals surface area contributed by atoms with Gasteiger partial charge in [-0.15, -0.1) is 0 Å².